The van der Waals surface area contributed by atoms with Gasteiger partial charge in [-0.2, -0.15) is 0 Å². The smallest absolute Gasteiger partial charge is 0.234 e. The van der Waals surface area contributed by atoms with Crippen molar-refractivity contribution in [1.29, 1.82) is 0 Å². The lowest BCUT2D eigenvalue weighted by molar-refractivity contribution is -0.113. The molecule has 132 valence electrons. The molecule has 0 radical (unpaired) electrons. The fraction of sp³-hybridized carbons (Fsp3) is 0.350. The lowest BCUT2D eigenvalue weighted by Crippen LogP contribution is -2.16. The molecule has 1 heterocycles. The minimum Gasteiger partial charge on any atom is -0.486 e. The Balaban J connectivity index is 1.60. The Morgan fingerprint density at radius 2 is 1.92 bits per heavy atom. The molecule has 1 aliphatic rings. The summed E-state index contributed by atoms with van der Waals surface area (Å²) in [5, 5.41) is 3.04. The number of anilines is 1. The number of ether oxygens (including phenoxy) is 2. The van der Waals surface area contributed by atoms with Gasteiger partial charge in [-0.3, -0.25) is 4.79 Å². The monoisotopic (exact) mass is 357 g/mol. The average molecular weight is 357 g/mol. The first-order chi connectivity index (χ1) is 12.2. The topological polar surface area (TPSA) is 47.6 Å². The van der Waals surface area contributed by atoms with Crippen LogP contribution in [-0.2, 0) is 4.79 Å². The standard InChI is InChI=1S/C20H23NO3S/c1-3-14(2)16-6-4-5-7-17(16)21-20(22)13-25-15-8-9-18-19(12-15)24-11-10-23-18/h4-9,12,14H,3,10-11,13H2,1-2H3,(H,21,22). The minimum atomic E-state index is -0.00404. The number of fused-ring (bicyclic) bond motifs is 1. The number of carbonyl (C=O) groups excluding carboxylic acids is 1. The Morgan fingerprint density at radius 3 is 2.72 bits per heavy atom. The molecule has 2 aromatic carbocycles. The van der Waals surface area contributed by atoms with E-state index in [1.54, 1.807) is 0 Å². The van der Waals surface area contributed by atoms with Crippen LogP contribution in [0.2, 0.25) is 0 Å². The molecular formula is C20H23NO3S. The maximum Gasteiger partial charge on any atom is 0.234 e. The van der Waals surface area contributed by atoms with Crippen molar-refractivity contribution in [2.45, 2.75) is 31.1 Å². The molecule has 0 bridgehead atoms. The molecule has 1 aliphatic heterocycles. The van der Waals surface area contributed by atoms with Gasteiger partial charge in [0.2, 0.25) is 5.91 Å². The Bertz CT molecular complexity index is 747. The summed E-state index contributed by atoms with van der Waals surface area (Å²) in [6, 6.07) is 13.8. The third-order valence-electron chi connectivity index (χ3n) is 4.26. The molecule has 0 saturated heterocycles. The summed E-state index contributed by atoms with van der Waals surface area (Å²) in [5.74, 6) is 2.29. The van der Waals surface area contributed by atoms with Crippen LogP contribution in [0.15, 0.2) is 47.4 Å². The van der Waals surface area contributed by atoms with E-state index in [9.17, 15) is 4.79 Å². The SMILES string of the molecule is CCC(C)c1ccccc1NC(=O)CSc1ccc2c(c1)OCCO2. The number of hydrogen-bond donors (Lipinski definition) is 1. The van der Waals surface area contributed by atoms with E-state index < -0.39 is 0 Å². The Morgan fingerprint density at radius 1 is 1.16 bits per heavy atom. The van der Waals surface area contributed by atoms with Crippen molar-refractivity contribution in [3.8, 4) is 11.5 Å². The largest absolute Gasteiger partial charge is 0.486 e. The number of amides is 1. The van der Waals surface area contributed by atoms with Gasteiger partial charge in [0.15, 0.2) is 11.5 Å². The molecule has 3 rings (SSSR count). The summed E-state index contributed by atoms with van der Waals surface area (Å²) in [5.41, 5.74) is 2.09. The molecule has 0 aliphatic carbocycles. The number of thioether (sulfide) groups is 1. The minimum absolute atomic E-state index is 0.00404. The molecule has 4 nitrogen and oxygen atoms in total. The van der Waals surface area contributed by atoms with Gasteiger partial charge in [0, 0.05) is 10.6 Å². The zero-order valence-electron chi connectivity index (χ0n) is 14.6. The number of carbonyl (C=O) groups is 1. The van der Waals surface area contributed by atoms with Crippen LogP contribution in [0.1, 0.15) is 31.7 Å². The number of benzene rings is 2. The van der Waals surface area contributed by atoms with E-state index in [2.05, 4.69) is 25.2 Å². The second kappa shape index (κ2) is 8.30. The second-order valence-electron chi connectivity index (χ2n) is 6.04. The molecule has 1 amide bonds. The summed E-state index contributed by atoms with van der Waals surface area (Å²) in [4.78, 5) is 13.3. The Hall–Kier alpha value is -2.14. The van der Waals surface area contributed by atoms with Gasteiger partial charge in [0.05, 0.1) is 5.75 Å². The summed E-state index contributed by atoms with van der Waals surface area (Å²) in [7, 11) is 0. The third-order valence-corrected chi connectivity index (χ3v) is 5.26. The van der Waals surface area contributed by atoms with Crippen molar-refractivity contribution < 1.29 is 14.3 Å². The molecule has 0 spiro atoms. The molecule has 1 unspecified atom stereocenters. The van der Waals surface area contributed by atoms with Crippen molar-refractivity contribution in [3.63, 3.8) is 0 Å². The van der Waals surface area contributed by atoms with Crippen LogP contribution >= 0.6 is 11.8 Å². The van der Waals surface area contributed by atoms with E-state index >= 15 is 0 Å². The van der Waals surface area contributed by atoms with Gasteiger partial charge in [0.1, 0.15) is 13.2 Å². The molecule has 0 aromatic heterocycles. The summed E-state index contributed by atoms with van der Waals surface area (Å²) < 4.78 is 11.1. The van der Waals surface area contributed by atoms with Crippen molar-refractivity contribution in [3.05, 3.63) is 48.0 Å². The van der Waals surface area contributed by atoms with Gasteiger partial charge in [-0.05, 0) is 42.2 Å². The molecule has 2 aromatic rings. The summed E-state index contributed by atoms with van der Waals surface area (Å²) >= 11 is 1.49. The van der Waals surface area contributed by atoms with Crippen molar-refractivity contribution in [1.82, 2.24) is 0 Å². The van der Waals surface area contributed by atoms with E-state index in [1.165, 1.54) is 17.3 Å². The normalized spacial score (nSPS) is 14.0. The second-order valence-corrected chi connectivity index (χ2v) is 7.09. The van der Waals surface area contributed by atoms with E-state index in [0.29, 0.717) is 24.9 Å². The van der Waals surface area contributed by atoms with E-state index in [-0.39, 0.29) is 5.91 Å². The first kappa shape index (κ1) is 17.7. The van der Waals surface area contributed by atoms with Crippen LogP contribution in [-0.4, -0.2) is 24.9 Å². The quantitative estimate of drug-likeness (QED) is 0.761. The molecular weight excluding hydrogens is 334 g/mol. The average Bonchev–Trinajstić information content (AvgIpc) is 2.66. The zero-order chi connectivity index (χ0) is 17.6. The zero-order valence-corrected chi connectivity index (χ0v) is 15.4. The van der Waals surface area contributed by atoms with Gasteiger partial charge in [-0.1, -0.05) is 32.0 Å². The van der Waals surface area contributed by atoms with Crippen molar-refractivity contribution in [2.24, 2.45) is 0 Å². The maximum atomic E-state index is 12.3. The number of rotatable bonds is 6. The highest BCUT2D eigenvalue weighted by molar-refractivity contribution is 8.00. The van der Waals surface area contributed by atoms with Crippen LogP contribution in [0.25, 0.3) is 0 Å². The van der Waals surface area contributed by atoms with Gasteiger partial charge >= 0.3 is 0 Å². The highest BCUT2D eigenvalue weighted by Crippen LogP contribution is 2.34. The highest BCUT2D eigenvalue weighted by Gasteiger charge is 2.14. The number of nitrogens with one attached hydrogen (secondary N) is 1. The van der Waals surface area contributed by atoms with E-state index in [4.69, 9.17) is 9.47 Å². The van der Waals surface area contributed by atoms with Crippen LogP contribution in [0.4, 0.5) is 5.69 Å². The fourth-order valence-corrected chi connectivity index (χ4v) is 3.43. The van der Waals surface area contributed by atoms with E-state index in [1.807, 2.05) is 36.4 Å². The molecule has 0 fully saturated rings. The molecule has 5 heteroatoms. The highest BCUT2D eigenvalue weighted by atomic mass is 32.2. The maximum absolute atomic E-state index is 12.3. The van der Waals surface area contributed by atoms with Gasteiger partial charge in [-0.25, -0.2) is 0 Å². The van der Waals surface area contributed by atoms with Gasteiger partial charge in [0.25, 0.3) is 0 Å². The molecule has 25 heavy (non-hydrogen) atoms. The number of hydrogen-bond acceptors (Lipinski definition) is 4. The van der Waals surface area contributed by atoms with Crippen LogP contribution in [0.3, 0.4) is 0 Å². The molecule has 1 N–H and O–H groups in total. The predicted molar refractivity (Wildman–Crippen MR) is 102 cm³/mol. The fourth-order valence-electron chi connectivity index (χ4n) is 2.71. The van der Waals surface area contributed by atoms with Gasteiger partial charge in [-0.15, -0.1) is 11.8 Å². The number of para-hydroxylation sites is 1. The van der Waals surface area contributed by atoms with Crippen molar-refractivity contribution in [2.75, 3.05) is 24.3 Å². The summed E-state index contributed by atoms with van der Waals surface area (Å²) in [6.45, 7) is 5.47. The first-order valence-electron chi connectivity index (χ1n) is 8.58. The lowest BCUT2D eigenvalue weighted by atomic mass is 9.97. The van der Waals surface area contributed by atoms with Crippen molar-refractivity contribution >= 4 is 23.4 Å². The van der Waals surface area contributed by atoms with Gasteiger partial charge < -0.3 is 14.8 Å². The first-order valence-corrected chi connectivity index (χ1v) is 9.57. The van der Waals surface area contributed by atoms with Crippen LogP contribution < -0.4 is 14.8 Å². The predicted octanol–water partition coefficient (Wildman–Crippen LogP) is 4.70. The Kier molecular flexibility index (Phi) is 5.87. The lowest BCUT2D eigenvalue weighted by Gasteiger charge is -2.18. The molecule has 1 atom stereocenters. The van der Waals surface area contributed by atoms with E-state index in [0.717, 1.165) is 28.5 Å². The van der Waals surface area contributed by atoms with Crippen LogP contribution in [0.5, 0.6) is 11.5 Å². The van der Waals surface area contributed by atoms with Crippen LogP contribution in [0, 0.1) is 0 Å². The molecule has 0 saturated carbocycles. The Labute approximate surface area is 152 Å². The summed E-state index contributed by atoms with van der Waals surface area (Å²) in [6.07, 6.45) is 1.04. The third kappa shape index (κ3) is 4.48.